The van der Waals surface area contributed by atoms with Gasteiger partial charge in [-0.3, -0.25) is 14.6 Å². The van der Waals surface area contributed by atoms with Gasteiger partial charge in [-0.15, -0.1) is 11.3 Å². The monoisotopic (exact) mass is 355 g/mol. The van der Waals surface area contributed by atoms with E-state index in [4.69, 9.17) is 5.73 Å². The third kappa shape index (κ3) is 2.50. The normalized spacial score (nSPS) is 14.2. The second-order valence-corrected chi connectivity index (χ2v) is 7.27. The Labute approximate surface area is 148 Å². The van der Waals surface area contributed by atoms with E-state index in [9.17, 15) is 9.59 Å². The minimum absolute atomic E-state index is 0.101. The molecule has 8 heteroatoms. The van der Waals surface area contributed by atoms with E-state index >= 15 is 0 Å². The van der Waals surface area contributed by atoms with Crippen molar-refractivity contribution in [3.63, 3.8) is 0 Å². The van der Waals surface area contributed by atoms with Gasteiger partial charge in [-0.2, -0.15) is 0 Å². The van der Waals surface area contributed by atoms with Crippen molar-refractivity contribution in [1.29, 1.82) is 0 Å². The molecule has 0 radical (unpaired) electrons. The lowest BCUT2D eigenvalue weighted by Crippen LogP contribution is -2.46. The Kier molecular flexibility index (Phi) is 3.59. The van der Waals surface area contributed by atoms with Gasteiger partial charge in [-0.1, -0.05) is 12.1 Å². The molecule has 25 heavy (non-hydrogen) atoms. The number of fused-ring (bicyclic) bond motifs is 3. The molecule has 1 aliphatic heterocycles. The summed E-state index contributed by atoms with van der Waals surface area (Å²) in [7, 11) is 1.87. The number of amides is 2. The highest BCUT2D eigenvalue weighted by Crippen LogP contribution is 2.32. The van der Waals surface area contributed by atoms with E-state index < -0.39 is 5.91 Å². The van der Waals surface area contributed by atoms with E-state index in [-0.39, 0.29) is 5.91 Å². The van der Waals surface area contributed by atoms with Crippen LogP contribution in [0.3, 0.4) is 0 Å². The molecule has 0 spiro atoms. The number of benzene rings is 1. The molecule has 128 valence electrons. The Morgan fingerprint density at radius 1 is 1.44 bits per heavy atom. The van der Waals surface area contributed by atoms with Crippen molar-refractivity contribution in [2.24, 2.45) is 12.8 Å². The van der Waals surface area contributed by atoms with Crippen LogP contribution in [0.2, 0.25) is 0 Å². The second kappa shape index (κ2) is 5.68. The van der Waals surface area contributed by atoms with Crippen LogP contribution in [0.25, 0.3) is 10.3 Å². The van der Waals surface area contributed by atoms with Crippen molar-refractivity contribution in [3.8, 4) is 0 Å². The number of hydrazine groups is 1. The summed E-state index contributed by atoms with van der Waals surface area (Å²) >= 11 is 1.61. The highest BCUT2D eigenvalue weighted by molar-refractivity contribution is 7.18. The first-order chi connectivity index (χ1) is 12.0. The summed E-state index contributed by atoms with van der Waals surface area (Å²) in [5.41, 5.74) is 12.3. The lowest BCUT2D eigenvalue weighted by atomic mass is 10.1. The van der Waals surface area contributed by atoms with E-state index in [1.807, 2.05) is 24.6 Å². The zero-order valence-electron chi connectivity index (χ0n) is 13.9. The van der Waals surface area contributed by atoms with E-state index in [1.165, 1.54) is 0 Å². The number of aromatic nitrogens is 2. The summed E-state index contributed by atoms with van der Waals surface area (Å²) in [6, 6.07) is 7.00. The molecule has 0 aliphatic carbocycles. The fraction of sp³-hybridized carbons (Fsp3) is 0.235. The lowest BCUT2D eigenvalue weighted by Gasteiger charge is -2.28. The molecular formula is C17H17N5O2S. The van der Waals surface area contributed by atoms with Crippen molar-refractivity contribution in [1.82, 2.24) is 20.0 Å². The molecule has 1 aromatic carbocycles. The highest BCUT2D eigenvalue weighted by Gasteiger charge is 2.31. The van der Waals surface area contributed by atoms with Gasteiger partial charge in [0, 0.05) is 24.7 Å². The Bertz CT molecular complexity index is 1020. The largest absolute Gasteiger partial charge is 0.366 e. The van der Waals surface area contributed by atoms with Crippen molar-refractivity contribution >= 4 is 33.5 Å². The van der Waals surface area contributed by atoms with Gasteiger partial charge in [0.2, 0.25) is 5.91 Å². The van der Waals surface area contributed by atoms with Gasteiger partial charge in [0.1, 0.15) is 5.69 Å². The maximum Gasteiger partial charge on any atom is 0.285 e. The van der Waals surface area contributed by atoms with E-state index in [0.717, 1.165) is 26.5 Å². The third-order valence-corrected chi connectivity index (χ3v) is 5.40. The van der Waals surface area contributed by atoms with Crippen LogP contribution in [-0.2, 0) is 20.1 Å². The number of rotatable bonds is 3. The molecule has 3 N–H and O–H groups in total. The predicted octanol–water partition coefficient (Wildman–Crippen LogP) is 1.70. The van der Waals surface area contributed by atoms with Crippen molar-refractivity contribution in [3.05, 3.63) is 51.7 Å². The molecular weight excluding hydrogens is 338 g/mol. The standard InChI is InChI=1S/C17H17N5O2S/c1-9-20-16-14(25-9)12-7-19-22(17(24)13(12)21(16)2)8-10-4-3-5-11(6-10)15(18)23/h3-6,19H,7-8H2,1-2H3,(H2,18,23). The lowest BCUT2D eigenvalue weighted by molar-refractivity contribution is 0.0593. The van der Waals surface area contributed by atoms with Crippen molar-refractivity contribution in [2.75, 3.05) is 0 Å². The van der Waals surface area contributed by atoms with Gasteiger partial charge in [0.15, 0.2) is 5.65 Å². The van der Waals surface area contributed by atoms with E-state index in [2.05, 4.69) is 10.4 Å². The average molecular weight is 355 g/mol. The Morgan fingerprint density at radius 3 is 3.00 bits per heavy atom. The molecule has 4 rings (SSSR count). The molecule has 0 saturated carbocycles. The smallest absolute Gasteiger partial charge is 0.285 e. The topological polar surface area (TPSA) is 93.2 Å². The number of carbonyl (C=O) groups is 2. The summed E-state index contributed by atoms with van der Waals surface area (Å²) < 4.78 is 2.93. The van der Waals surface area contributed by atoms with Crippen LogP contribution in [0.4, 0.5) is 0 Å². The summed E-state index contributed by atoms with van der Waals surface area (Å²) in [5.74, 6) is -0.581. The number of hydrogen-bond donors (Lipinski definition) is 2. The number of nitrogens with two attached hydrogens (primary N) is 1. The van der Waals surface area contributed by atoms with Gasteiger partial charge < -0.3 is 10.3 Å². The van der Waals surface area contributed by atoms with Crippen LogP contribution < -0.4 is 11.2 Å². The maximum atomic E-state index is 12.9. The molecule has 0 bridgehead atoms. The van der Waals surface area contributed by atoms with Crippen LogP contribution in [0.5, 0.6) is 0 Å². The zero-order chi connectivity index (χ0) is 17.7. The summed E-state index contributed by atoms with van der Waals surface area (Å²) in [5, 5.41) is 2.56. The van der Waals surface area contributed by atoms with E-state index in [0.29, 0.717) is 24.3 Å². The Balaban J connectivity index is 1.67. The number of hydrogen-bond acceptors (Lipinski definition) is 5. The third-order valence-electron chi connectivity index (χ3n) is 4.38. The quantitative estimate of drug-likeness (QED) is 0.748. The first kappa shape index (κ1) is 15.8. The first-order valence-corrected chi connectivity index (χ1v) is 8.66. The van der Waals surface area contributed by atoms with Crippen LogP contribution in [0.1, 0.15) is 37.0 Å². The average Bonchev–Trinajstić information content (AvgIpc) is 3.08. The van der Waals surface area contributed by atoms with Crippen molar-refractivity contribution < 1.29 is 9.59 Å². The number of nitrogens with one attached hydrogen (secondary N) is 1. The van der Waals surface area contributed by atoms with Crippen LogP contribution in [-0.4, -0.2) is 26.4 Å². The highest BCUT2D eigenvalue weighted by atomic mass is 32.1. The SMILES string of the molecule is Cc1nc2c(s1)c1c(n2C)C(=O)N(Cc2cccc(C(N)=O)c2)NC1. The Morgan fingerprint density at radius 2 is 2.24 bits per heavy atom. The van der Waals surface area contributed by atoms with Gasteiger partial charge in [0.25, 0.3) is 5.91 Å². The van der Waals surface area contributed by atoms with Crippen LogP contribution >= 0.6 is 11.3 Å². The zero-order valence-corrected chi connectivity index (χ0v) is 14.7. The molecule has 3 heterocycles. The van der Waals surface area contributed by atoms with Gasteiger partial charge in [-0.05, 0) is 24.6 Å². The summed E-state index contributed by atoms with van der Waals surface area (Å²) in [4.78, 5) is 28.8. The Hall–Kier alpha value is -2.71. The summed E-state index contributed by atoms with van der Waals surface area (Å²) in [6.07, 6.45) is 0. The summed E-state index contributed by atoms with van der Waals surface area (Å²) in [6.45, 7) is 2.88. The molecule has 0 saturated heterocycles. The minimum Gasteiger partial charge on any atom is -0.366 e. The number of nitrogens with zero attached hydrogens (tertiary/aromatic N) is 3. The molecule has 1 aliphatic rings. The number of primary amides is 1. The molecule has 0 unspecified atom stereocenters. The van der Waals surface area contributed by atoms with Crippen LogP contribution in [0.15, 0.2) is 24.3 Å². The molecule has 2 aromatic heterocycles. The molecule has 7 nitrogen and oxygen atoms in total. The van der Waals surface area contributed by atoms with Gasteiger partial charge >= 0.3 is 0 Å². The number of carbonyl (C=O) groups excluding carboxylic acids is 2. The van der Waals surface area contributed by atoms with Gasteiger partial charge in [-0.25, -0.2) is 10.4 Å². The number of thiazole rings is 1. The van der Waals surface area contributed by atoms with Crippen molar-refractivity contribution in [2.45, 2.75) is 20.0 Å². The van der Waals surface area contributed by atoms with Crippen LogP contribution in [0, 0.1) is 6.92 Å². The van der Waals surface area contributed by atoms with Gasteiger partial charge in [0.05, 0.1) is 16.3 Å². The first-order valence-electron chi connectivity index (χ1n) is 7.84. The molecule has 0 fully saturated rings. The van der Waals surface area contributed by atoms with E-state index in [1.54, 1.807) is 34.5 Å². The predicted molar refractivity (Wildman–Crippen MR) is 95.0 cm³/mol. The molecule has 3 aromatic rings. The minimum atomic E-state index is -0.480. The second-order valence-electron chi connectivity index (χ2n) is 6.06. The number of aryl methyl sites for hydroxylation is 2. The fourth-order valence-electron chi connectivity index (χ4n) is 3.20. The molecule has 0 atom stereocenters. The molecule has 2 amide bonds. The fourth-order valence-corrected chi connectivity index (χ4v) is 4.19. The maximum absolute atomic E-state index is 12.9.